The summed E-state index contributed by atoms with van der Waals surface area (Å²) in [6.07, 6.45) is 0. The molecule has 5 heteroatoms. The fourth-order valence-corrected chi connectivity index (χ4v) is 9.60. The highest BCUT2D eigenvalue weighted by Gasteiger charge is 2.24. The Labute approximate surface area is 313 Å². The molecule has 0 atom stereocenters. The molecule has 3 heterocycles. The molecule has 0 saturated carbocycles. The van der Waals surface area contributed by atoms with E-state index in [1.807, 2.05) is 72.0 Å². The van der Waals surface area contributed by atoms with Gasteiger partial charge < -0.3 is 4.42 Å². The third kappa shape index (κ3) is 4.33. The van der Waals surface area contributed by atoms with Gasteiger partial charge in [0.1, 0.15) is 11.2 Å². The van der Waals surface area contributed by atoms with Crippen molar-refractivity contribution in [3.63, 3.8) is 0 Å². The van der Waals surface area contributed by atoms with Crippen LogP contribution >= 0.6 is 11.3 Å². The van der Waals surface area contributed by atoms with Gasteiger partial charge in [0.05, 0.1) is 0 Å². The van der Waals surface area contributed by atoms with Crippen molar-refractivity contribution < 1.29 is 4.42 Å². The third-order valence-electron chi connectivity index (χ3n) is 10.9. The Morgan fingerprint density at radius 1 is 0.352 bits per heavy atom. The van der Waals surface area contributed by atoms with Gasteiger partial charge >= 0.3 is 0 Å². The van der Waals surface area contributed by atoms with Gasteiger partial charge in [-0.2, -0.15) is 0 Å². The van der Waals surface area contributed by atoms with Gasteiger partial charge in [0, 0.05) is 47.6 Å². The number of furan rings is 1. The molecule has 250 valence electrons. The largest absolute Gasteiger partial charge is 0.456 e. The van der Waals surface area contributed by atoms with Gasteiger partial charge in [-0.25, -0.2) is 15.0 Å². The molecule has 1 aliphatic rings. The standard InChI is InChI=1S/C49H27N3OS/c1-2-10-30(11-3-1)47-50-48(52-49(51-47)36-18-8-20-41-45(36)35-14-4-5-19-40(35)53-41)31-24-22-28(23-25-31)32-15-9-21-42-46(32)39-26-37-33-16-6-12-29-13-7-17-34(44(29)33)38(37)27-43(39)54-42/h1-27H. The molecule has 1 aliphatic carbocycles. The Morgan fingerprint density at radius 2 is 0.963 bits per heavy atom. The summed E-state index contributed by atoms with van der Waals surface area (Å²) in [6.45, 7) is 0. The van der Waals surface area contributed by atoms with Crippen molar-refractivity contribution >= 4 is 64.2 Å². The Morgan fingerprint density at radius 3 is 1.78 bits per heavy atom. The molecule has 0 N–H and O–H groups in total. The minimum absolute atomic E-state index is 0.611. The van der Waals surface area contributed by atoms with E-state index in [-0.39, 0.29) is 0 Å². The van der Waals surface area contributed by atoms with Crippen LogP contribution in [0.1, 0.15) is 0 Å². The van der Waals surface area contributed by atoms with E-state index in [4.69, 9.17) is 19.4 Å². The predicted molar refractivity (Wildman–Crippen MR) is 224 cm³/mol. The number of fused-ring (bicyclic) bond motifs is 9. The monoisotopic (exact) mass is 705 g/mol. The fourth-order valence-electron chi connectivity index (χ4n) is 8.45. The van der Waals surface area contributed by atoms with E-state index in [2.05, 4.69) is 103 Å². The van der Waals surface area contributed by atoms with E-state index in [9.17, 15) is 0 Å². The van der Waals surface area contributed by atoms with Crippen LogP contribution in [-0.4, -0.2) is 15.0 Å². The van der Waals surface area contributed by atoms with E-state index >= 15 is 0 Å². The van der Waals surface area contributed by atoms with Crippen molar-refractivity contribution in [2.75, 3.05) is 0 Å². The average molecular weight is 706 g/mol. The smallest absolute Gasteiger partial charge is 0.164 e. The summed E-state index contributed by atoms with van der Waals surface area (Å²) in [6, 6.07) is 57.8. The summed E-state index contributed by atoms with van der Waals surface area (Å²) < 4.78 is 8.83. The van der Waals surface area contributed by atoms with E-state index in [0.29, 0.717) is 17.5 Å². The fraction of sp³-hybridized carbons (Fsp3) is 0. The Bertz CT molecular complexity index is 3320. The molecule has 0 bridgehead atoms. The number of nitrogens with zero attached hydrogens (tertiary/aromatic N) is 3. The third-order valence-corrected chi connectivity index (χ3v) is 12.0. The van der Waals surface area contributed by atoms with Crippen molar-refractivity contribution in [2.24, 2.45) is 0 Å². The lowest BCUT2D eigenvalue weighted by atomic mass is 9.96. The minimum Gasteiger partial charge on any atom is -0.456 e. The molecule has 54 heavy (non-hydrogen) atoms. The highest BCUT2D eigenvalue weighted by atomic mass is 32.1. The minimum atomic E-state index is 0.611. The van der Waals surface area contributed by atoms with E-state index < -0.39 is 0 Å². The molecule has 4 nitrogen and oxygen atoms in total. The average Bonchev–Trinajstić information content (AvgIpc) is 3.90. The second kappa shape index (κ2) is 11.3. The Kier molecular flexibility index (Phi) is 6.18. The maximum atomic E-state index is 6.23. The molecule has 11 aromatic rings. The van der Waals surface area contributed by atoms with Crippen LogP contribution in [0.25, 0.3) is 120 Å². The topological polar surface area (TPSA) is 51.8 Å². The van der Waals surface area contributed by atoms with Gasteiger partial charge in [-0.1, -0.05) is 133 Å². The molecule has 3 aromatic heterocycles. The van der Waals surface area contributed by atoms with Crippen LogP contribution in [0.3, 0.4) is 0 Å². The number of hydrogen-bond donors (Lipinski definition) is 0. The molecule has 0 radical (unpaired) electrons. The zero-order valence-corrected chi connectivity index (χ0v) is 29.6. The lowest BCUT2D eigenvalue weighted by Crippen LogP contribution is -2.00. The van der Waals surface area contributed by atoms with Crippen LogP contribution in [0.4, 0.5) is 0 Å². The number of para-hydroxylation sites is 1. The van der Waals surface area contributed by atoms with Gasteiger partial charge in [0.25, 0.3) is 0 Å². The molecule has 0 amide bonds. The summed E-state index contributed by atoms with van der Waals surface area (Å²) >= 11 is 1.87. The van der Waals surface area contributed by atoms with Gasteiger partial charge in [-0.15, -0.1) is 11.3 Å². The number of thiophene rings is 1. The summed E-state index contributed by atoms with van der Waals surface area (Å²) in [4.78, 5) is 15.2. The Hall–Kier alpha value is -6.95. The van der Waals surface area contributed by atoms with Crippen molar-refractivity contribution in [2.45, 2.75) is 0 Å². The normalized spacial score (nSPS) is 12.1. The van der Waals surface area contributed by atoms with Gasteiger partial charge in [0.15, 0.2) is 17.5 Å². The first-order chi connectivity index (χ1) is 26.7. The lowest BCUT2D eigenvalue weighted by molar-refractivity contribution is 0.669. The first-order valence-corrected chi connectivity index (χ1v) is 18.9. The van der Waals surface area contributed by atoms with Gasteiger partial charge in [-0.05, 0) is 74.5 Å². The van der Waals surface area contributed by atoms with Crippen LogP contribution in [0, 0.1) is 0 Å². The zero-order chi connectivity index (χ0) is 35.3. The summed E-state index contributed by atoms with van der Waals surface area (Å²) in [5.41, 5.74) is 12.1. The van der Waals surface area contributed by atoms with E-state index in [0.717, 1.165) is 44.2 Å². The van der Waals surface area contributed by atoms with Crippen LogP contribution in [-0.2, 0) is 0 Å². The zero-order valence-electron chi connectivity index (χ0n) is 28.7. The SMILES string of the molecule is c1ccc(-c2nc(-c3ccc(-c4cccc5sc6cc7c(cc6c45)-c4cccc5cccc-7c45)cc3)nc(-c3cccc4oc5ccccc5c34)n2)cc1. The molecule has 12 rings (SSSR count). The summed E-state index contributed by atoms with van der Waals surface area (Å²) in [7, 11) is 0. The van der Waals surface area contributed by atoms with Crippen LogP contribution in [0.15, 0.2) is 168 Å². The van der Waals surface area contributed by atoms with Crippen LogP contribution < -0.4 is 0 Å². The molecule has 8 aromatic carbocycles. The maximum absolute atomic E-state index is 6.23. The molecule has 0 saturated heterocycles. The second-order valence-electron chi connectivity index (χ2n) is 13.9. The number of rotatable bonds is 4. The van der Waals surface area contributed by atoms with Crippen LogP contribution in [0.5, 0.6) is 0 Å². The number of aromatic nitrogens is 3. The molecular formula is C49H27N3OS. The molecule has 0 fully saturated rings. The van der Waals surface area contributed by atoms with Crippen LogP contribution in [0.2, 0.25) is 0 Å². The second-order valence-corrected chi connectivity index (χ2v) is 15.0. The molecule has 0 aliphatic heterocycles. The highest BCUT2D eigenvalue weighted by Crippen LogP contribution is 2.51. The lowest BCUT2D eigenvalue weighted by Gasteiger charge is -2.10. The van der Waals surface area contributed by atoms with E-state index in [1.165, 1.54) is 58.8 Å². The number of benzene rings is 8. The predicted octanol–water partition coefficient (Wildman–Crippen LogP) is 13.6. The summed E-state index contributed by atoms with van der Waals surface area (Å²) in [5.74, 6) is 1.86. The van der Waals surface area contributed by atoms with Gasteiger partial charge in [0.2, 0.25) is 0 Å². The highest BCUT2D eigenvalue weighted by molar-refractivity contribution is 7.26. The molecular weight excluding hydrogens is 679 g/mol. The first kappa shape index (κ1) is 29.6. The number of hydrogen-bond acceptors (Lipinski definition) is 5. The quantitative estimate of drug-likeness (QED) is 0.183. The first-order valence-electron chi connectivity index (χ1n) is 18.1. The van der Waals surface area contributed by atoms with Gasteiger partial charge in [-0.3, -0.25) is 0 Å². The van der Waals surface area contributed by atoms with Crippen molar-refractivity contribution in [3.05, 3.63) is 164 Å². The van der Waals surface area contributed by atoms with Crippen molar-refractivity contribution in [1.29, 1.82) is 0 Å². The molecule has 0 unspecified atom stereocenters. The summed E-state index contributed by atoms with van der Waals surface area (Å²) in [5, 5.41) is 7.29. The van der Waals surface area contributed by atoms with Crippen molar-refractivity contribution in [3.8, 4) is 67.5 Å². The Balaban J connectivity index is 1.00. The maximum Gasteiger partial charge on any atom is 0.164 e. The van der Waals surface area contributed by atoms with E-state index in [1.54, 1.807) is 0 Å². The van der Waals surface area contributed by atoms with Crippen molar-refractivity contribution in [1.82, 2.24) is 15.0 Å². The molecule has 0 spiro atoms.